The Labute approximate surface area is 85.2 Å². The van der Waals surface area contributed by atoms with Gasteiger partial charge in [0.2, 0.25) is 0 Å². The Balaban J connectivity index is 1.85. The van der Waals surface area contributed by atoms with Gasteiger partial charge < -0.3 is 0 Å². The standard InChI is InChI=1S/C9H17N3S/c13-12-4-2-1-3-9(12,10-5-6-10)11-7-8-11/h13H,1-8H2. The largest absolute Gasteiger partial charge is 0.270 e. The fourth-order valence-electron chi connectivity index (χ4n) is 2.59. The molecule has 3 rings (SSSR count). The molecule has 0 bridgehead atoms. The van der Waals surface area contributed by atoms with Crippen molar-refractivity contribution in [3.05, 3.63) is 0 Å². The van der Waals surface area contributed by atoms with E-state index in [9.17, 15) is 0 Å². The van der Waals surface area contributed by atoms with Crippen LogP contribution in [0.4, 0.5) is 0 Å². The lowest BCUT2D eigenvalue weighted by Gasteiger charge is -2.46. The predicted molar refractivity (Wildman–Crippen MR) is 55.4 cm³/mol. The zero-order valence-electron chi connectivity index (χ0n) is 7.95. The highest BCUT2D eigenvalue weighted by atomic mass is 32.1. The molecule has 4 heteroatoms. The first-order chi connectivity index (χ1) is 6.34. The fraction of sp³-hybridized carbons (Fsp3) is 1.00. The molecule has 0 saturated carbocycles. The van der Waals surface area contributed by atoms with Crippen molar-refractivity contribution in [2.75, 3.05) is 32.7 Å². The van der Waals surface area contributed by atoms with E-state index in [-0.39, 0.29) is 5.79 Å². The van der Waals surface area contributed by atoms with Crippen molar-refractivity contribution in [1.82, 2.24) is 14.1 Å². The third-order valence-electron chi connectivity index (χ3n) is 3.45. The van der Waals surface area contributed by atoms with Gasteiger partial charge in [0.15, 0.2) is 0 Å². The second-order valence-electron chi connectivity index (χ2n) is 4.33. The lowest BCUT2D eigenvalue weighted by molar-refractivity contribution is -0.0422. The molecule has 0 amide bonds. The topological polar surface area (TPSA) is 9.26 Å². The maximum Gasteiger partial charge on any atom is 0.140 e. The zero-order chi connectivity index (χ0) is 8.89. The van der Waals surface area contributed by atoms with Gasteiger partial charge in [0.05, 0.1) is 0 Å². The molecule has 3 fully saturated rings. The molecule has 0 atom stereocenters. The average Bonchev–Trinajstić information content (AvgIpc) is 3.01. The van der Waals surface area contributed by atoms with Gasteiger partial charge in [-0.15, -0.1) is 0 Å². The first kappa shape index (κ1) is 8.53. The number of thiol groups is 1. The number of piperidine rings is 1. The van der Waals surface area contributed by atoms with E-state index in [1.54, 1.807) is 0 Å². The van der Waals surface area contributed by atoms with Crippen LogP contribution in [-0.2, 0) is 0 Å². The van der Waals surface area contributed by atoms with Crippen LogP contribution in [0.25, 0.3) is 0 Å². The molecule has 0 unspecified atom stereocenters. The fourth-order valence-corrected chi connectivity index (χ4v) is 3.09. The average molecular weight is 199 g/mol. The molecule has 3 heterocycles. The summed E-state index contributed by atoms with van der Waals surface area (Å²) in [5, 5.41) is 0. The highest BCUT2D eigenvalue weighted by Crippen LogP contribution is 2.42. The highest BCUT2D eigenvalue weighted by Gasteiger charge is 2.54. The van der Waals surface area contributed by atoms with Gasteiger partial charge in [-0.2, -0.15) is 0 Å². The molecule has 0 N–H and O–H groups in total. The molecule has 3 aliphatic heterocycles. The van der Waals surface area contributed by atoms with Crippen molar-refractivity contribution in [3.63, 3.8) is 0 Å². The molecule has 0 spiro atoms. The Kier molecular flexibility index (Phi) is 1.88. The first-order valence-electron chi connectivity index (χ1n) is 5.31. The van der Waals surface area contributed by atoms with Gasteiger partial charge in [0, 0.05) is 32.7 Å². The van der Waals surface area contributed by atoms with Crippen molar-refractivity contribution in [1.29, 1.82) is 0 Å². The van der Waals surface area contributed by atoms with E-state index in [4.69, 9.17) is 0 Å². The summed E-state index contributed by atoms with van der Waals surface area (Å²) in [5.41, 5.74) is 0. The van der Waals surface area contributed by atoms with E-state index in [1.807, 2.05) is 0 Å². The summed E-state index contributed by atoms with van der Waals surface area (Å²) in [5.74, 6) is 0.224. The number of hydrogen-bond donors (Lipinski definition) is 1. The molecule has 74 valence electrons. The van der Waals surface area contributed by atoms with E-state index in [0.29, 0.717) is 0 Å². The van der Waals surface area contributed by atoms with Gasteiger partial charge in [0.25, 0.3) is 0 Å². The van der Waals surface area contributed by atoms with Crippen molar-refractivity contribution in [3.8, 4) is 0 Å². The van der Waals surface area contributed by atoms with Gasteiger partial charge in [-0.05, 0) is 19.3 Å². The second kappa shape index (κ2) is 2.86. The Bertz CT molecular complexity index is 201. The third kappa shape index (κ3) is 1.23. The van der Waals surface area contributed by atoms with Gasteiger partial charge in [-0.25, -0.2) is 4.31 Å². The predicted octanol–water partition coefficient (Wildman–Crippen LogP) is 0.602. The van der Waals surface area contributed by atoms with Crippen LogP contribution in [0.2, 0.25) is 0 Å². The molecule has 3 aliphatic rings. The van der Waals surface area contributed by atoms with E-state index in [0.717, 1.165) is 6.54 Å². The highest BCUT2D eigenvalue weighted by molar-refractivity contribution is 7.77. The monoisotopic (exact) mass is 199 g/mol. The molecular formula is C9H17N3S. The van der Waals surface area contributed by atoms with Crippen molar-refractivity contribution in [2.24, 2.45) is 0 Å². The molecule has 3 saturated heterocycles. The molecular weight excluding hydrogens is 182 g/mol. The zero-order valence-corrected chi connectivity index (χ0v) is 8.84. The summed E-state index contributed by atoms with van der Waals surface area (Å²) in [7, 11) is 0. The SMILES string of the molecule is SN1CCCCC1(N1CC1)N1CC1. The van der Waals surface area contributed by atoms with Crippen molar-refractivity contribution < 1.29 is 0 Å². The number of hydrogen-bond acceptors (Lipinski definition) is 4. The Morgan fingerprint density at radius 2 is 1.46 bits per heavy atom. The molecule has 0 aromatic heterocycles. The first-order valence-corrected chi connectivity index (χ1v) is 5.71. The van der Waals surface area contributed by atoms with Crippen LogP contribution >= 0.6 is 12.8 Å². The molecule has 0 radical (unpaired) electrons. The van der Waals surface area contributed by atoms with Crippen LogP contribution in [0.15, 0.2) is 0 Å². The molecule has 0 aromatic rings. The maximum atomic E-state index is 4.65. The normalized spacial score (nSPS) is 34.8. The quantitative estimate of drug-likeness (QED) is 0.515. The molecule has 3 nitrogen and oxygen atoms in total. The minimum absolute atomic E-state index is 0.224. The summed E-state index contributed by atoms with van der Waals surface area (Å²) >= 11 is 4.65. The van der Waals surface area contributed by atoms with Crippen LogP contribution in [0, 0.1) is 0 Å². The molecule has 13 heavy (non-hydrogen) atoms. The second-order valence-corrected chi connectivity index (χ2v) is 4.81. The summed E-state index contributed by atoms with van der Waals surface area (Å²) in [6.45, 7) is 6.23. The van der Waals surface area contributed by atoms with Gasteiger partial charge in [-0.3, -0.25) is 9.80 Å². The van der Waals surface area contributed by atoms with Crippen LogP contribution in [-0.4, -0.2) is 52.6 Å². The summed E-state index contributed by atoms with van der Waals surface area (Å²) in [4.78, 5) is 5.12. The van der Waals surface area contributed by atoms with Gasteiger partial charge >= 0.3 is 0 Å². The Morgan fingerprint density at radius 3 is 1.92 bits per heavy atom. The lowest BCUT2D eigenvalue weighted by atomic mass is 10.1. The summed E-state index contributed by atoms with van der Waals surface area (Å²) in [6, 6.07) is 0. The van der Waals surface area contributed by atoms with Crippen LogP contribution < -0.4 is 0 Å². The maximum absolute atomic E-state index is 4.65. The van der Waals surface area contributed by atoms with Gasteiger partial charge in [0.1, 0.15) is 5.79 Å². The van der Waals surface area contributed by atoms with Crippen LogP contribution in [0.5, 0.6) is 0 Å². The Morgan fingerprint density at radius 1 is 0.846 bits per heavy atom. The number of nitrogens with zero attached hydrogens (tertiary/aromatic N) is 3. The Hall–Kier alpha value is 0.230. The minimum Gasteiger partial charge on any atom is -0.270 e. The van der Waals surface area contributed by atoms with Crippen LogP contribution in [0.3, 0.4) is 0 Å². The summed E-state index contributed by atoms with van der Waals surface area (Å²) < 4.78 is 2.27. The van der Waals surface area contributed by atoms with Crippen LogP contribution in [0.1, 0.15) is 19.3 Å². The molecule has 0 aliphatic carbocycles. The van der Waals surface area contributed by atoms with Crippen molar-refractivity contribution in [2.45, 2.75) is 25.0 Å². The van der Waals surface area contributed by atoms with E-state index < -0.39 is 0 Å². The third-order valence-corrected chi connectivity index (χ3v) is 3.97. The molecule has 0 aromatic carbocycles. The number of rotatable bonds is 2. The smallest absolute Gasteiger partial charge is 0.140 e. The lowest BCUT2D eigenvalue weighted by Crippen LogP contribution is -2.58. The minimum atomic E-state index is 0.224. The van der Waals surface area contributed by atoms with E-state index in [1.165, 1.54) is 45.4 Å². The van der Waals surface area contributed by atoms with Crippen molar-refractivity contribution >= 4 is 12.8 Å². The van der Waals surface area contributed by atoms with Gasteiger partial charge in [-0.1, -0.05) is 12.8 Å². The summed E-state index contributed by atoms with van der Waals surface area (Å²) in [6.07, 6.45) is 3.97. The van der Waals surface area contributed by atoms with E-state index >= 15 is 0 Å². The van der Waals surface area contributed by atoms with E-state index in [2.05, 4.69) is 26.9 Å².